The number of nitrogens with one attached hydrogen (secondary N) is 2. The van der Waals surface area contributed by atoms with Crippen LogP contribution in [0, 0.1) is 0 Å². The van der Waals surface area contributed by atoms with Crippen LogP contribution in [0.5, 0.6) is 0 Å². The summed E-state index contributed by atoms with van der Waals surface area (Å²) < 4.78 is 37.9. The van der Waals surface area contributed by atoms with Crippen LogP contribution in [0.25, 0.3) is 0 Å². The SMILES string of the molecule is O=C(Nc1cccc(C(F)(F)F)c1)Nc1ncc(C2CCC2)s1. The number of anilines is 2. The number of aromatic nitrogens is 1. The number of thiazole rings is 1. The Hall–Kier alpha value is -2.09. The highest BCUT2D eigenvalue weighted by Crippen LogP contribution is 2.39. The normalized spacial score (nSPS) is 15.1. The van der Waals surface area contributed by atoms with Gasteiger partial charge in [0.2, 0.25) is 0 Å². The highest BCUT2D eigenvalue weighted by molar-refractivity contribution is 7.15. The van der Waals surface area contributed by atoms with Crippen LogP contribution in [0.2, 0.25) is 0 Å². The molecule has 1 aromatic carbocycles. The Bertz CT molecular complexity index is 710. The van der Waals surface area contributed by atoms with Gasteiger partial charge in [-0.3, -0.25) is 5.32 Å². The van der Waals surface area contributed by atoms with E-state index in [0.717, 1.165) is 29.9 Å². The lowest BCUT2D eigenvalue weighted by molar-refractivity contribution is -0.137. The van der Waals surface area contributed by atoms with Crippen LogP contribution in [0.3, 0.4) is 0 Å². The van der Waals surface area contributed by atoms with E-state index in [4.69, 9.17) is 0 Å². The number of hydrogen-bond donors (Lipinski definition) is 2. The van der Waals surface area contributed by atoms with E-state index in [2.05, 4.69) is 15.6 Å². The molecule has 0 spiro atoms. The van der Waals surface area contributed by atoms with Gasteiger partial charge >= 0.3 is 12.2 Å². The first-order valence-electron chi connectivity index (χ1n) is 7.13. The standard InChI is InChI=1S/C15H14F3N3OS/c16-15(17,18)10-5-2-6-11(7-10)20-13(22)21-14-19-8-12(23-14)9-3-1-4-9/h2,5-9H,1,3-4H2,(H2,19,20,21,22). The second-order valence-electron chi connectivity index (χ2n) is 5.35. The van der Waals surface area contributed by atoms with Crippen LogP contribution in [0.4, 0.5) is 28.8 Å². The van der Waals surface area contributed by atoms with E-state index < -0.39 is 17.8 Å². The van der Waals surface area contributed by atoms with E-state index in [1.807, 2.05) is 0 Å². The third-order valence-electron chi connectivity index (χ3n) is 3.70. The van der Waals surface area contributed by atoms with Crippen molar-refractivity contribution in [3.8, 4) is 0 Å². The van der Waals surface area contributed by atoms with Gasteiger partial charge < -0.3 is 5.32 Å². The van der Waals surface area contributed by atoms with Crippen molar-refractivity contribution in [3.63, 3.8) is 0 Å². The van der Waals surface area contributed by atoms with E-state index in [1.54, 1.807) is 6.20 Å². The molecule has 0 radical (unpaired) electrons. The van der Waals surface area contributed by atoms with E-state index >= 15 is 0 Å². The van der Waals surface area contributed by atoms with Crippen molar-refractivity contribution >= 4 is 28.2 Å². The number of amides is 2. The number of halogens is 3. The molecular formula is C15H14F3N3OS. The average molecular weight is 341 g/mol. The summed E-state index contributed by atoms with van der Waals surface area (Å²) in [6.07, 6.45) is 0.785. The molecule has 0 aliphatic heterocycles. The second-order valence-corrected chi connectivity index (χ2v) is 6.42. The summed E-state index contributed by atoms with van der Waals surface area (Å²) in [6, 6.07) is 3.88. The maximum absolute atomic E-state index is 12.6. The third kappa shape index (κ3) is 3.82. The van der Waals surface area contributed by atoms with Crippen molar-refractivity contribution in [1.82, 2.24) is 4.98 Å². The highest BCUT2D eigenvalue weighted by Gasteiger charge is 2.30. The summed E-state index contributed by atoms with van der Waals surface area (Å²) in [5, 5.41) is 5.38. The van der Waals surface area contributed by atoms with E-state index in [9.17, 15) is 18.0 Å². The molecule has 2 N–H and O–H groups in total. The molecule has 1 heterocycles. The Morgan fingerprint density at radius 1 is 1.26 bits per heavy atom. The molecule has 0 bridgehead atoms. The Balaban J connectivity index is 1.62. The first-order valence-corrected chi connectivity index (χ1v) is 7.94. The number of carbonyl (C=O) groups is 1. The van der Waals surface area contributed by atoms with Gasteiger partial charge in [0, 0.05) is 16.8 Å². The fourth-order valence-corrected chi connectivity index (χ4v) is 3.24. The van der Waals surface area contributed by atoms with Gasteiger partial charge in [0.05, 0.1) is 5.56 Å². The predicted octanol–water partition coefficient (Wildman–Crippen LogP) is 5.07. The molecule has 3 rings (SSSR count). The van der Waals surface area contributed by atoms with Crippen LogP contribution in [0.1, 0.15) is 35.6 Å². The van der Waals surface area contributed by atoms with Crippen LogP contribution < -0.4 is 10.6 Å². The van der Waals surface area contributed by atoms with Gasteiger partial charge in [0.15, 0.2) is 5.13 Å². The van der Waals surface area contributed by atoms with Crippen molar-refractivity contribution in [2.24, 2.45) is 0 Å². The molecule has 0 unspecified atom stereocenters. The number of urea groups is 1. The first kappa shape index (κ1) is 15.8. The zero-order valence-corrected chi connectivity index (χ0v) is 12.8. The fraction of sp³-hybridized carbons (Fsp3) is 0.333. The summed E-state index contributed by atoms with van der Waals surface area (Å²) in [6.45, 7) is 0. The number of benzene rings is 1. The van der Waals surface area contributed by atoms with Crippen molar-refractivity contribution < 1.29 is 18.0 Å². The molecule has 122 valence electrons. The lowest BCUT2D eigenvalue weighted by atomic mass is 9.85. The molecule has 8 heteroatoms. The Labute approximate surface area is 134 Å². The molecular weight excluding hydrogens is 327 g/mol. The summed E-state index contributed by atoms with van der Waals surface area (Å²) in [5.74, 6) is 0.523. The molecule has 1 aromatic heterocycles. The van der Waals surface area contributed by atoms with Gasteiger partial charge in [0.25, 0.3) is 0 Å². The molecule has 1 aliphatic rings. The fourth-order valence-electron chi connectivity index (χ4n) is 2.26. The molecule has 4 nitrogen and oxygen atoms in total. The first-order chi connectivity index (χ1) is 10.9. The maximum Gasteiger partial charge on any atom is 0.416 e. The quantitative estimate of drug-likeness (QED) is 0.818. The van der Waals surface area contributed by atoms with Crippen LogP contribution in [0.15, 0.2) is 30.5 Å². The van der Waals surface area contributed by atoms with Gasteiger partial charge in [-0.2, -0.15) is 13.2 Å². The number of alkyl halides is 3. The van der Waals surface area contributed by atoms with Gasteiger partial charge in [-0.15, -0.1) is 11.3 Å². The van der Waals surface area contributed by atoms with Crippen molar-refractivity contribution in [2.45, 2.75) is 31.4 Å². The maximum atomic E-state index is 12.6. The Kier molecular flexibility index (Phi) is 4.25. The highest BCUT2D eigenvalue weighted by atomic mass is 32.1. The van der Waals surface area contributed by atoms with Gasteiger partial charge in [-0.1, -0.05) is 12.5 Å². The Morgan fingerprint density at radius 2 is 2.04 bits per heavy atom. The van der Waals surface area contributed by atoms with E-state index in [-0.39, 0.29) is 5.69 Å². The molecule has 0 atom stereocenters. The van der Waals surface area contributed by atoms with Crippen LogP contribution in [-0.2, 0) is 6.18 Å². The van der Waals surface area contributed by atoms with Crippen molar-refractivity contribution in [2.75, 3.05) is 10.6 Å². The summed E-state index contributed by atoms with van der Waals surface area (Å²) >= 11 is 1.40. The smallest absolute Gasteiger partial charge is 0.308 e. The summed E-state index contributed by atoms with van der Waals surface area (Å²) in [5.41, 5.74) is -0.732. The lowest BCUT2D eigenvalue weighted by Crippen LogP contribution is -2.19. The number of carbonyl (C=O) groups excluding carboxylic acids is 1. The van der Waals surface area contributed by atoms with Crippen LogP contribution in [-0.4, -0.2) is 11.0 Å². The number of rotatable bonds is 3. The summed E-state index contributed by atoms with van der Waals surface area (Å²) in [4.78, 5) is 17.1. The minimum Gasteiger partial charge on any atom is -0.308 e. The number of nitrogens with zero attached hydrogens (tertiary/aromatic N) is 1. The Morgan fingerprint density at radius 3 is 2.70 bits per heavy atom. The third-order valence-corrected chi connectivity index (χ3v) is 4.77. The van der Waals surface area contributed by atoms with E-state index in [0.29, 0.717) is 11.0 Å². The topological polar surface area (TPSA) is 54.0 Å². The summed E-state index contributed by atoms with van der Waals surface area (Å²) in [7, 11) is 0. The minimum absolute atomic E-state index is 0.0769. The zero-order valence-electron chi connectivity index (χ0n) is 12.0. The van der Waals surface area contributed by atoms with Gasteiger partial charge in [-0.05, 0) is 37.0 Å². The predicted molar refractivity (Wildman–Crippen MR) is 82.8 cm³/mol. The molecule has 2 amide bonds. The second kappa shape index (κ2) is 6.19. The molecule has 23 heavy (non-hydrogen) atoms. The molecule has 2 aromatic rings. The van der Waals surface area contributed by atoms with E-state index in [1.165, 1.54) is 29.9 Å². The zero-order chi connectivity index (χ0) is 16.4. The van der Waals surface area contributed by atoms with Crippen molar-refractivity contribution in [3.05, 3.63) is 40.9 Å². The van der Waals surface area contributed by atoms with Gasteiger partial charge in [0.1, 0.15) is 0 Å². The minimum atomic E-state index is -4.44. The molecule has 1 saturated carbocycles. The molecule has 1 fully saturated rings. The van der Waals surface area contributed by atoms with Crippen LogP contribution >= 0.6 is 11.3 Å². The largest absolute Gasteiger partial charge is 0.416 e. The monoisotopic (exact) mass is 341 g/mol. The molecule has 1 aliphatic carbocycles. The average Bonchev–Trinajstić information content (AvgIpc) is 2.83. The lowest BCUT2D eigenvalue weighted by Gasteiger charge is -2.23. The van der Waals surface area contributed by atoms with Gasteiger partial charge in [-0.25, -0.2) is 9.78 Å². The number of hydrogen-bond acceptors (Lipinski definition) is 3. The molecule has 0 saturated heterocycles. The van der Waals surface area contributed by atoms with Crippen molar-refractivity contribution in [1.29, 1.82) is 0 Å².